The molecule has 2 aliphatic rings. The van der Waals surface area contributed by atoms with Crippen molar-refractivity contribution in [3.05, 3.63) is 48.3 Å². The van der Waals surface area contributed by atoms with E-state index in [1.165, 1.54) is 40.9 Å². The van der Waals surface area contributed by atoms with Gasteiger partial charge >= 0.3 is 0 Å². The maximum Gasteiger partial charge on any atom is 0.242 e. The molecule has 144 valence electrons. The fourth-order valence-corrected chi connectivity index (χ4v) is 3.93. The zero-order valence-electron chi connectivity index (χ0n) is 14.8. The molecule has 1 fully saturated rings. The molecule has 0 spiro atoms. The summed E-state index contributed by atoms with van der Waals surface area (Å²) in [6, 6.07) is 10.7. The zero-order chi connectivity index (χ0) is 19.7. The number of halogens is 1. The summed E-state index contributed by atoms with van der Waals surface area (Å²) in [5.41, 5.74) is 1.10. The molecule has 28 heavy (non-hydrogen) atoms. The van der Waals surface area contributed by atoms with Crippen molar-refractivity contribution in [3.63, 3.8) is 0 Å². The van der Waals surface area contributed by atoms with E-state index in [0.717, 1.165) is 0 Å². The van der Waals surface area contributed by atoms with Crippen molar-refractivity contribution < 1.29 is 23.5 Å². The molecule has 4 rings (SSSR count). The molecule has 1 saturated heterocycles. The van der Waals surface area contributed by atoms with Gasteiger partial charge in [0.2, 0.25) is 18.6 Å². The highest BCUT2D eigenvalue weighted by atomic mass is 32.2. The summed E-state index contributed by atoms with van der Waals surface area (Å²) in [6.45, 7) is 0.174. The quantitative estimate of drug-likeness (QED) is 0.851. The number of nitrogens with one attached hydrogen (secondary N) is 1. The molecule has 2 aliphatic heterocycles. The summed E-state index contributed by atoms with van der Waals surface area (Å²) < 4.78 is 23.6. The summed E-state index contributed by atoms with van der Waals surface area (Å²) >= 11 is 1.23. The summed E-state index contributed by atoms with van der Waals surface area (Å²) in [5.74, 6) is 0.358. The van der Waals surface area contributed by atoms with Gasteiger partial charge in [0.15, 0.2) is 16.7 Å². The number of ether oxygens (including phenoxy) is 2. The molecule has 0 aliphatic carbocycles. The summed E-state index contributed by atoms with van der Waals surface area (Å²) in [7, 11) is 1.62. The number of nitrogens with zero attached hydrogens (tertiary/aromatic N) is 2. The molecule has 2 heterocycles. The van der Waals surface area contributed by atoms with Gasteiger partial charge in [-0.1, -0.05) is 11.8 Å². The molecule has 0 bridgehead atoms. The van der Waals surface area contributed by atoms with Gasteiger partial charge in [0.25, 0.3) is 0 Å². The van der Waals surface area contributed by atoms with Gasteiger partial charge in [-0.15, -0.1) is 0 Å². The van der Waals surface area contributed by atoms with Crippen LogP contribution >= 0.6 is 11.8 Å². The van der Waals surface area contributed by atoms with Gasteiger partial charge in [0.05, 0.1) is 5.69 Å². The molecule has 0 saturated carbocycles. The van der Waals surface area contributed by atoms with Crippen LogP contribution in [0.25, 0.3) is 0 Å². The second-order valence-electron chi connectivity index (χ2n) is 6.19. The third-order valence-electron chi connectivity index (χ3n) is 4.22. The zero-order valence-corrected chi connectivity index (χ0v) is 15.7. The highest BCUT2D eigenvalue weighted by Gasteiger charge is 2.37. The maximum atomic E-state index is 12.9. The van der Waals surface area contributed by atoms with Gasteiger partial charge in [-0.2, -0.15) is 0 Å². The van der Waals surface area contributed by atoms with Crippen molar-refractivity contribution in [2.24, 2.45) is 4.99 Å². The Morgan fingerprint density at radius 3 is 2.79 bits per heavy atom. The Balaban J connectivity index is 1.43. The topological polar surface area (TPSA) is 80.2 Å². The van der Waals surface area contributed by atoms with Crippen LogP contribution in [0.2, 0.25) is 0 Å². The van der Waals surface area contributed by atoms with Crippen LogP contribution in [0.1, 0.15) is 6.42 Å². The molecule has 2 aromatic carbocycles. The molecule has 0 unspecified atom stereocenters. The van der Waals surface area contributed by atoms with E-state index in [2.05, 4.69) is 10.3 Å². The Labute approximate surface area is 164 Å². The maximum absolute atomic E-state index is 12.9. The highest BCUT2D eigenvalue weighted by molar-refractivity contribution is 8.15. The van der Waals surface area contributed by atoms with E-state index >= 15 is 0 Å². The van der Waals surface area contributed by atoms with E-state index < -0.39 is 5.25 Å². The summed E-state index contributed by atoms with van der Waals surface area (Å²) in [6.07, 6.45) is -0.00856. The Morgan fingerprint density at radius 2 is 2.00 bits per heavy atom. The molecule has 9 heteroatoms. The highest BCUT2D eigenvalue weighted by Crippen LogP contribution is 2.37. The van der Waals surface area contributed by atoms with E-state index in [9.17, 15) is 14.0 Å². The van der Waals surface area contributed by atoms with Crippen molar-refractivity contribution in [2.75, 3.05) is 19.2 Å². The van der Waals surface area contributed by atoms with Crippen LogP contribution in [-0.4, -0.2) is 41.0 Å². The number of anilines is 1. The standard InChI is InChI=1S/C19H16FN3O4S/c1-23-18(25)16(9-17(24)21-12-4-2-11(20)3-5-12)28-19(23)22-13-6-7-14-15(8-13)27-10-26-14/h2-8,16H,9-10H2,1H3,(H,21,24)/t16-/m0/s1. The second-order valence-corrected chi connectivity index (χ2v) is 7.36. The number of benzene rings is 2. The largest absolute Gasteiger partial charge is 0.454 e. The SMILES string of the molecule is CN1C(=O)[C@H](CC(=O)Nc2ccc(F)cc2)SC1=Nc1ccc2c(c1)OCO2. The van der Waals surface area contributed by atoms with Crippen molar-refractivity contribution in [1.82, 2.24) is 4.90 Å². The third kappa shape index (κ3) is 3.79. The van der Waals surface area contributed by atoms with Gasteiger partial charge in [-0.25, -0.2) is 9.38 Å². The summed E-state index contributed by atoms with van der Waals surface area (Å²) in [4.78, 5) is 30.6. The van der Waals surface area contributed by atoms with Gasteiger partial charge in [-0.3, -0.25) is 14.5 Å². The van der Waals surface area contributed by atoms with Gasteiger partial charge < -0.3 is 14.8 Å². The average molecular weight is 401 g/mol. The smallest absolute Gasteiger partial charge is 0.242 e. The molecular weight excluding hydrogens is 385 g/mol. The Kier molecular flexibility index (Phi) is 4.91. The first kappa shape index (κ1) is 18.3. The van der Waals surface area contributed by atoms with Crippen LogP contribution in [0.5, 0.6) is 11.5 Å². The number of amidine groups is 1. The van der Waals surface area contributed by atoms with Crippen molar-refractivity contribution in [2.45, 2.75) is 11.7 Å². The number of amides is 2. The van der Waals surface area contributed by atoms with E-state index in [1.807, 2.05) is 0 Å². The molecule has 2 amide bonds. The lowest BCUT2D eigenvalue weighted by Gasteiger charge is -2.09. The average Bonchev–Trinajstić information content (AvgIpc) is 3.24. The predicted octanol–water partition coefficient (Wildman–Crippen LogP) is 3.14. The molecule has 0 radical (unpaired) electrons. The molecule has 0 aromatic heterocycles. The normalized spacial score (nSPS) is 19.4. The van der Waals surface area contributed by atoms with Gasteiger partial charge in [0, 0.05) is 25.2 Å². The van der Waals surface area contributed by atoms with Crippen LogP contribution < -0.4 is 14.8 Å². The number of carbonyl (C=O) groups excluding carboxylic acids is 2. The first-order valence-electron chi connectivity index (χ1n) is 8.47. The number of fused-ring (bicyclic) bond motifs is 1. The fraction of sp³-hybridized carbons (Fsp3) is 0.211. The minimum atomic E-state index is -0.571. The fourth-order valence-electron chi connectivity index (χ4n) is 2.78. The van der Waals surface area contributed by atoms with Gasteiger partial charge in [-0.05, 0) is 36.4 Å². The molecule has 1 atom stereocenters. The van der Waals surface area contributed by atoms with Crippen LogP contribution in [0, 0.1) is 5.82 Å². The predicted molar refractivity (Wildman–Crippen MR) is 103 cm³/mol. The lowest BCUT2D eigenvalue weighted by molar-refractivity contribution is -0.127. The van der Waals surface area contributed by atoms with Crippen molar-refractivity contribution in [1.29, 1.82) is 0 Å². The number of carbonyl (C=O) groups is 2. The Morgan fingerprint density at radius 1 is 1.25 bits per heavy atom. The van der Waals surface area contributed by atoms with Crippen LogP contribution in [0.4, 0.5) is 15.8 Å². The first-order chi connectivity index (χ1) is 13.5. The van der Waals surface area contributed by atoms with Crippen LogP contribution in [-0.2, 0) is 9.59 Å². The number of thioether (sulfide) groups is 1. The monoisotopic (exact) mass is 401 g/mol. The Hall–Kier alpha value is -3.07. The first-order valence-corrected chi connectivity index (χ1v) is 9.35. The number of aliphatic imine (C=N–C) groups is 1. The second kappa shape index (κ2) is 7.51. The summed E-state index contributed by atoms with van der Waals surface area (Å²) in [5, 5.41) is 2.60. The minimum absolute atomic E-state index is 0.00856. The van der Waals surface area contributed by atoms with Gasteiger partial charge in [0.1, 0.15) is 11.1 Å². The van der Waals surface area contributed by atoms with E-state index in [4.69, 9.17) is 9.47 Å². The van der Waals surface area contributed by atoms with Crippen molar-refractivity contribution >= 4 is 40.1 Å². The molecule has 2 aromatic rings. The van der Waals surface area contributed by atoms with E-state index in [1.54, 1.807) is 25.2 Å². The third-order valence-corrected chi connectivity index (χ3v) is 5.45. The Bertz CT molecular complexity index is 964. The minimum Gasteiger partial charge on any atom is -0.454 e. The van der Waals surface area contributed by atoms with Crippen LogP contribution in [0.3, 0.4) is 0 Å². The van der Waals surface area contributed by atoms with Crippen molar-refractivity contribution in [3.8, 4) is 11.5 Å². The number of rotatable bonds is 4. The van der Waals surface area contributed by atoms with E-state index in [0.29, 0.717) is 28.0 Å². The lowest BCUT2D eigenvalue weighted by atomic mass is 10.2. The number of hydrogen-bond donors (Lipinski definition) is 1. The molecule has 7 nitrogen and oxygen atoms in total. The number of hydrogen-bond acceptors (Lipinski definition) is 6. The lowest BCUT2D eigenvalue weighted by Crippen LogP contribution is -2.30. The molecule has 1 N–H and O–H groups in total. The molecular formula is C19H16FN3O4S. The van der Waals surface area contributed by atoms with Crippen LogP contribution in [0.15, 0.2) is 47.5 Å². The van der Waals surface area contributed by atoms with E-state index in [-0.39, 0.29) is 30.8 Å².